The summed E-state index contributed by atoms with van der Waals surface area (Å²) in [4.78, 5) is 23.8. The van der Waals surface area contributed by atoms with Crippen LogP contribution in [0.15, 0.2) is 54.6 Å². The number of aryl methyl sites for hydroxylation is 1. The van der Waals surface area contributed by atoms with Gasteiger partial charge in [-0.05, 0) is 42.9 Å². The molecule has 3 N–H and O–H groups in total. The van der Waals surface area contributed by atoms with Crippen LogP contribution in [0.3, 0.4) is 0 Å². The number of hydrogen-bond acceptors (Lipinski definition) is 3. The van der Waals surface area contributed by atoms with Crippen molar-refractivity contribution in [1.82, 2.24) is 16.2 Å². The molecule has 2 aromatic rings. The van der Waals surface area contributed by atoms with Crippen LogP contribution >= 0.6 is 23.8 Å². The summed E-state index contributed by atoms with van der Waals surface area (Å²) in [6.07, 6.45) is 3.02. The van der Waals surface area contributed by atoms with Gasteiger partial charge in [-0.3, -0.25) is 25.8 Å². The van der Waals surface area contributed by atoms with Gasteiger partial charge in [0.2, 0.25) is 5.91 Å². The normalized spacial score (nSPS) is 10.3. The topological polar surface area (TPSA) is 70.2 Å². The summed E-state index contributed by atoms with van der Waals surface area (Å²) in [5.41, 5.74) is 7.16. The van der Waals surface area contributed by atoms with Crippen LogP contribution in [0.25, 0.3) is 6.08 Å². The van der Waals surface area contributed by atoms with Gasteiger partial charge in [0.25, 0.3) is 5.91 Å². The van der Waals surface area contributed by atoms with Crippen LogP contribution in [-0.2, 0) is 4.79 Å². The third-order valence-corrected chi connectivity index (χ3v) is 3.68. The maximum absolute atomic E-state index is 11.9. The third-order valence-electron chi connectivity index (χ3n) is 3.15. The first kappa shape index (κ1) is 18.6. The number of benzene rings is 2. The molecule has 25 heavy (non-hydrogen) atoms. The molecule has 0 unspecified atom stereocenters. The van der Waals surface area contributed by atoms with Gasteiger partial charge in [-0.2, -0.15) is 0 Å². The first-order valence-corrected chi connectivity index (χ1v) is 8.15. The highest BCUT2D eigenvalue weighted by atomic mass is 35.5. The number of hydrazine groups is 1. The van der Waals surface area contributed by atoms with Crippen molar-refractivity contribution >= 4 is 46.8 Å². The van der Waals surface area contributed by atoms with E-state index in [0.717, 1.165) is 11.1 Å². The van der Waals surface area contributed by atoms with Crippen molar-refractivity contribution < 1.29 is 9.59 Å². The Kier molecular flexibility index (Phi) is 6.68. The molecule has 0 fully saturated rings. The lowest BCUT2D eigenvalue weighted by molar-refractivity contribution is -0.115. The number of amides is 2. The highest BCUT2D eigenvalue weighted by Gasteiger charge is 2.09. The minimum absolute atomic E-state index is 0.0287. The van der Waals surface area contributed by atoms with E-state index in [-0.39, 0.29) is 5.11 Å². The third kappa shape index (κ3) is 6.02. The molecule has 2 rings (SSSR count). The van der Waals surface area contributed by atoms with Gasteiger partial charge in [-0.25, -0.2) is 0 Å². The summed E-state index contributed by atoms with van der Waals surface area (Å²) in [6.45, 7) is 1.99. The molecule has 0 aliphatic heterocycles. The predicted molar refractivity (Wildman–Crippen MR) is 103 cm³/mol. The molecule has 5 nitrogen and oxygen atoms in total. The first-order valence-electron chi connectivity index (χ1n) is 7.36. The Hall–Kier alpha value is -2.70. The lowest BCUT2D eigenvalue weighted by Crippen LogP contribution is -2.48. The Morgan fingerprint density at radius 3 is 2.40 bits per heavy atom. The number of hydrogen-bond donors (Lipinski definition) is 3. The molecular formula is C18H16ClN3O2S. The average Bonchev–Trinajstić information content (AvgIpc) is 2.59. The zero-order chi connectivity index (χ0) is 18.2. The molecule has 0 saturated carbocycles. The van der Waals surface area contributed by atoms with Gasteiger partial charge in [-0.15, -0.1) is 0 Å². The predicted octanol–water partition coefficient (Wildman–Crippen LogP) is 3.00. The van der Waals surface area contributed by atoms with Crippen LogP contribution in [-0.4, -0.2) is 16.9 Å². The monoisotopic (exact) mass is 373 g/mol. The molecule has 2 aromatic carbocycles. The molecular weight excluding hydrogens is 358 g/mol. The van der Waals surface area contributed by atoms with Gasteiger partial charge in [0.1, 0.15) is 0 Å². The summed E-state index contributed by atoms with van der Waals surface area (Å²) >= 11 is 10.9. The molecule has 0 bridgehead atoms. The zero-order valence-electron chi connectivity index (χ0n) is 13.4. The summed E-state index contributed by atoms with van der Waals surface area (Å²) in [7, 11) is 0. The van der Waals surface area contributed by atoms with E-state index in [0.29, 0.717) is 10.6 Å². The molecule has 0 aliphatic rings. The van der Waals surface area contributed by atoms with Crippen molar-refractivity contribution in [3.05, 3.63) is 76.3 Å². The van der Waals surface area contributed by atoms with Crippen molar-refractivity contribution in [1.29, 1.82) is 0 Å². The highest BCUT2D eigenvalue weighted by Crippen LogP contribution is 2.14. The standard InChI is InChI=1S/C18H16ClN3O2S/c1-12-6-8-13(9-7-12)10-11-16(23)20-18(25)22-21-17(24)14-4-2-3-5-15(14)19/h2-11H,1H3,(H,21,24)(H2,20,22,23,25)/b11-10+. The fraction of sp³-hybridized carbons (Fsp3) is 0.0556. The lowest BCUT2D eigenvalue weighted by Gasteiger charge is -2.10. The fourth-order valence-electron chi connectivity index (χ4n) is 1.86. The van der Waals surface area contributed by atoms with Gasteiger partial charge in [0, 0.05) is 6.08 Å². The van der Waals surface area contributed by atoms with Gasteiger partial charge < -0.3 is 0 Å². The molecule has 0 saturated heterocycles. The van der Waals surface area contributed by atoms with E-state index in [9.17, 15) is 9.59 Å². The van der Waals surface area contributed by atoms with Gasteiger partial charge >= 0.3 is 0 Å². The maximum atomic E-state index is 11.9. The second kappa shape index (κ2) is 8.96. The summed E-state index contributed by atoms with van der Waals surface area (Å²) in [6, 6.07) is 14.3. The maximum Gasteiger partial charge on any atom is 0.271 e. The fourth-order valence-corrected chi connectivity index (χ4v) is 2.23. The molecule has 0 heterocycles. The van der Waals surface area contributed by atoms with Gasteiger partial charge in [0.15, 0.2) is 5.11 Å². The number of thiocarbonyl (C=S) groups is 1. The first-order chi connectivity index (χ1) is 12.0. The van der Waals surface area contributed by atoms with E-state index in [2.05, 4.69) is 16.2 Å². The smallest absolute Gasteiger partial charge is 0.271 e. The van der Waals surface area contributed by atoms with Crippen molar-refractivity contribution in [2.24, 2.45) is 0 Å². The van der Waals surface area contributed by atoms with Gasteiger partial charge in [-0.1, -0.05) is 53.6 Å². The zero-order valence-corrected chi connectivity index (χ0v) is 14.9. The van der Waals surface area contributed by atoms with Crippen LogP contribution in [0.5, 0.6) is 0 Å². The molecule has 0 spiro atoms. The Labute approximate surface area is 156 Å². The van der Waals surface area contributed by atoms with E-state index in [1.165, 1.54) is 6.08 Å². The SMILES string of the molecule is Cc1ccc(/C=C/C(=O)NC(=S)NNC(=O)c2ccccc2Cl)cc1. The number of carbonyl (C=O) groups is 2. The molecule has 7 heteroatoms. The van der Waals surface area contributed by atoms with Crippen LogP contribution < -0.4 is 16.2 Å². The average molecular weight is 374 g/mol. The van der Waals surface area contributed by atoms with Crippen molar-refractivity contribution in [2.75, 3.05) is 0 Å². The number of carbonyl (C=O) groups excluding carboxylic acids is 2. The minimum atomic E-state index is -0.461. The van der Waals surface area contributed by atoms with Crippen LogP contribution in [0.4, 0.5) is 0 Å². The van der Waals surface area contributed by atoms with Crippen LogP contribution in [0.2, 0.25) is 5.02 Å². The molecule has 2 amide bonds. The van der Waals surface area contributed by atoms with E-state index < -0.39 is 11.8 Å². The summed E-state index contributed by atoms with van der Waals surface area (Å²) in [5, 5.41) is 2.72. The van der Waals surface area contributed by atoms with E-state index in [4.69, 9.17) is 23.8 Å². The van der Waals surface area contributed by atoms with Crippen molar-refractivity contribution in [3.8, 4) is 0 Å². The largest absolute Gasteiger partial charge is 0.298 e. The van der Waals surface area contributed by atoms with Crippen molar-refractivity contribution in [2.45, 2.75) is 6.92 Å². The Morgan fingerprint density at radius 1 is 1.04 bits per heavy atom. The lowest BCUT2D eigenvalue weighted by atomic mass is 10.1. The molecule has 128 valence electrons. The number of rotatable bonds is 3. The summed E-state index contributed by atoms with van der Waals surface area (Å²) in [5.74, 6) is -0.873. The molecule has 0 atom stereocenters. The molecule has 0 aromatic heterocycles. The van der Waals surface area contributed by atoms with E-state index in [1.54, 1.807) is 30.3 Å². The second-order valence-corrected chi connectivity index (χ2v) is 5.94. The Morgan fingerprint density at radius 2 is 1.72 bits per heavy atom. The molecule has 0 aliphatic carbocycles. The number of halogens is 1. The van der Waals surface area contributed by atoms with Gasteiger partial charge in [0.05, 0.1) is 10.6 Å². The minimum Gasteiger partial charge on any atom is -0.298 e. The van der Waals surface area contributed by atoms with E-state index >= 15 is 0 Å². The second-order valence-electron chi connectivity index (χ2n) is 5.12. The Bertz CT molecular complexity index is 819. The van der Waals surface area contributed by atoms with Crippen molar-refractivity contribution in [3.63, 3.8) is 0 Å². The highest BCUT2D eigenvalue weighted by molar-refractivity contribution is 7.80. The quantitative estimate of drug-likeness (QED) is 0.439. The molecule has 0 radical (unpaired) electrons. The van der Waals surface area contributed by atoms with E-state index in [1.807, 2.05) is 31.2 Å². The summed E-state index contributed by atoms with van der Waals surface area (Å²) < 4.78 is 0. The number of nitrogens with one attached hydrogen (secondary N) is 3. The van der Waals surface area contributed by atoms with Crippen LogP contribution in [0.1, 0.15) is 21.5 Å². The van der Waals surface area contributed by atoms with Crippen LogP contribution in [0, 0.1) is 6.92 Å². The Balaban J connectivity index is 1.81.